The molecule has 0 saturated carbocycles. The maximum atomic E-state index is 11.7. The predicted octanol–water partition coefficient (Wildman–Crippen LogP) is -0.491. The van der Waals surface area contributed by atoms with E-state index in [4.69, 9.17) is 5.11 Å². The highest BCUT2D eigenvalue weighted by Crippen LogP contribution is 2.06. The second kappa shape index (κ2) is 8.05. The molecule has 1 aliphatic heterocycles. The monoisotopic (exact) mass is 257 g/mol. The zero-order chi connectivity index (χ0) is 13.4. The van der Waals surface area contributed by atoms with E-state index < -0.39 is 5.97 Å². The fraction of sp³-hybridized carbons (Fsp3) is 0.833. The lowest BCUT2D eigenvalue weighted by Crippen LogP contribution is -2.48. The number of hydrogen-bond donors (Lipinski definition) is 3. The van der Waals surface area contributed by atoms with Crippen LogP contribution < -0.4 is 10.6 Å². The van der Waals surface area contributed by atoms with Crippen molar-refractivity contribution in [1.82, 2.24) is 15.5 Å². The molecule has 1 rings (SSSR count). The van der Waals surface area contributed by atoms with E-state index in [-0.39, 0.29) is 18.2 Å². The number of piperazine rings is 1. The summed E-state index contributed by atoms with van der Waals surface area (Å²) < 4.78 is 0. The second-order valence-corrected chi connectivity index (χ2v) is 4.70. The summed E-state index contributed by atoms with van der Waals surface area (Å²) in [6, 6.07) is 0. The average Bonchev–Trinajstić information content (AvgIpc) is 2.35. The van der Waals surface area contributed by atoms with Gasteiger partial charge in [-0.2, -0.15) is 0 Å². The van der Waals surface area contributed by atoms with Crippen molar-refractivity contribution in [2.45, 2.75) is 19.8 Å². The second-order valence-electron chi connectivity index (χ2n) is 4.70. The van der Waals surface area contributed by atoms with Crippen LogP contribution in [0.3, 0.4) is 0 Å². The number of carboxylic acids is 1. The zero-order valence-electron chi connectivity index (χ0n) is 10.9. The van der Waals surface area contributed by atoms with Gasteiger partial charge in [-0.1, -0.05) is 13.3 Å². The third-order valence-corrected chi connectivity index (χ3v) is 3.21. The van der Waals surface area contributed by atoms with Gasteiger partial charge in [0.1, 0.15) is 0 Å². The lowest BCUT2D eigenvalue weighted by molar-refractivity contribution is -0.138. The van der Waals surface area contributed by atoms with Crippen LogP contribution in [0.25, 0.3) is 0 Å². The molecule has 0 aromatic rings. The van der Waals surface area contributed by atoms with Gasteiger partial charge in [0.15, 0.2) is 0 Å². The number of hydrogen-bond acceptors (Lipinski definition) is 4. The van der Waals surface area contributed by atoms with Gasteiger partial charge >= 0.3 is 5.97 Å². The van der Waals surface area contributed by atoms with Crippen molar-refractivity contribution in [3.63, 3.8) is 0 Å². The first kappa shape index (κ1) is 14.9. The van der Waals surface area contributed by atoms with Crippen molar-refractivity contribution in [2.24, 2.45) is 5.92 Å². The average molecular weight is 257 g/mol. The van der Waals surface area contributed by atoms with E-state index >= 15 is 0 Å². The molecule has 1 heterocycles. The number of nitrogens with one attached hydrogen (secondary N) is 2. The Balaban J connectivity index is 2.20. The minimum Gasteiger partial charge on any atom is -0.481 e. The fourth-order valence-electron chi connectivity index (χ4n) is 1.99. The Kier molecular flexibility index (Phi) is 6.67. The fourth-order valence-corrected chi connectivity index (χ4v) is 1.99. The van der Waals surface area contributed by atoms with Crippen LogP contribution in [0.4, 0.5) is 0 Å². The van der Waals surface area contributed by atoms with Crippen molar-refractivity contribution in [3.05, 3.63) is 0 Å². The molecule has 0 aromatic carbocycles. The number of rotatable bonds is 7. The van der Waals surface area contributed by atoms with Gasteiger partial charge in [-0.25, -0.2) is 0 Å². The first-order valence-electron chi connectivity index (χ1n) is 6.53. The molecule has 0 spiro atoms. The summed E-state index contributed by atoms with van der Waals surface area (Å²) in [4.78, 5) is 24.4. The number of carboxylic acid groups (broad SMARTS) is 1. The maximum absolute atomic E-state index is 11.7. The summed E-state index contributed by atoms with van der Waals surface area (Å²) in [5.74, 6) is -0.798. The van der Waals surface area contributed by atoms with Crippen LogP contribution in [-0.4, -0.2) is 61.2 Å². The minimum atomic E-state index is -0.807. The van der Waals surface area contributed by atoms with E-state index in [0.717, 1.165) is 32.6 Å². The summed E-state index contributed by atoms with van der Waals surface area (Å²) in [6.07, 6.45) is 0.880. The third-order valence-electron chi connectivity index (χ3n) is 3.21. The Labute approximate surface area is 108 Å². The number of amides is 1. The Morgan fingerprint density at radius 3 is 2.61 bits per heavy atom. The van der Waals surface area contributed by atoms with E-state index in [1.54, 1.807) is 0 Å². The molecule has 0 radical (unpaired) electrons. The topological polar surface area (TPSA) is 81.7 Å². The largest absolute Gasteiger partial charge is 0.481 e. The van der Waals surface area contributed by atoms with E-state index in [0.29, 0.717) is 13.1 Å². The van der Waals surface area contributed by atoms with Gasteiger partial charge < -0.3 is 15.7 Å². The summed E-state index contributed by atoms with van der Waals surface area (Å²) >= 11 is 0. The number of carbonyl (C=O) groups is 2. The van der Waals surface area contributed by atoms with Gasteiger partial charge in [0.25, 0.3) is 0 Å². The van der Waals surface area contributed by atoms with Crippen LogP contribution in [0.5, 0.6) is 0 Å². The number of nitrogens with zero attached hydrogens (tertiary/aromatic N) is 1. The molecule has 1 saturated heterocycles. The molecule has 1 unspecified atom stereocenters. The smallest absolute Gasteiger partial charge is 0.303 e. The van der Waals surface area contributed by atoms with Gasteiger partial charge in [-0.05, 0) is 5.92 Å². The van der Waals surface area contributed by atoms with Crippen LogP contribution in [0.1, 0.15) is 19.8 Å². The molecule has 3 N–H and O–H groups in total. The molecule has 18 heavy (non-hydrogen) atoms. The van der Waals surface area contributed by atoms with Crippen LogP contribution >= 0.6 is 0 Å². The predicted molar refractivity (Wildman–Crippen MR) is 68.4 cm³/mol. The Morgan fingerprint density at radius 1 is 1.39 bits per heavy atom. The molecule has 1 atom stereocenters. The van der Waals surface area contributed by atoms with Crippen LogP contribution in [0, 0.1) is 5.92 Å². The van der Waals surface area contributed by atoms with Crippen molar-refractivity contribution < 1.29 is 14.7 Å². The van der Waals surface area contributed by atoms with E-state index in [2.05, 4.69) is 15.5 Å². The molecule has 0 bridgehead atoms. The molecule has 0 aromatic heterocycles. The van der Waals surface area contributed by atoms with Crippen molar-refractivity contribution >= 4 is 11.9 Å². The minimum absolute atomic E-state index is 0.0132. The molecular weight excluding hydrogens is 234 g/mol. The van der Waals surface area contributed by atoms with Crippen molar-refractivity contribution in [2.75, 3.05) is 39.3 Å². The molecule has 104 valence electrons. The summed E-state index contributed by atoms with van der Waals surface area (Å²) in [5.41, 5.74) is 0. The molecular formula is C12H23N3O3. The molecule has 0 aliphatic carbocycles. The number of carbonyl (C=O) groups excluding carboxylic acids is 1. The Hall–Kier alpha value is -1.14. The Bertz CT molecular complexity index is 278. The molecule has 6 heteroatoms. The van der Waals surface area contributed by atoms with Crippen LogP contribution in [-0.2, 0) is 9.59 Å². The van der Waals surface area contributed by atoms with E-state index in [9.17, 15) is 9.59 Å². The third kappa shape index (κ3) is 5.97. The molecule has 1 amide bonds. The van der Waals surface area contributed by atoms with E-state index in [1.165, 1.54) is 0 Å². The molecule has 6 nitrogen and oxygen atoms in total. The SMILES string of the molecule is CCC(CNC(=O)CN1CCNCC1)CC(=O)O. The highest BCUT2D eigenvalue weighted by Gasteiger charge is 2.15. The first-order chi connectivity index (χ1) is 8.61. The van der Waals surface area contributed by atoms with Gasteiger partial charge in [0.2, 0.25) is 5.91 Å². The lowest BCUT2D eigenvalue weighted by Gasteiger charge is -2.26. The Morgan fingerprint density at radius 2 is 2.06 bits per heavy atom. The van der Waals surface area contributed by atoms with Crippen LogP contribution in [0.2, 0.25) is 0 Å². The lowest BCUT2D eigenvalue weighted by atomic mass is 10.0. The van der Waals surface area contributed by atoms with Crippen molar-refractivity contribution in [3.8, 4) is 0 Å². The summed E-state index contributed by atoms with van der Waals surface area (Å²) in [7, 11) is 0. The van der Waals surface area contributed by atoms with Crippen LogP contribution in [0.15, 0.2) is 0 Å². The maximum Gasteiger partial charge on any atom is 0.303 e. The van der Waals surface area contributed by atoms with Gasteiger partial charge in [0.05, 0.1) is 6.54 Å². The highest BCUT2D eigenvalue weighted by atomic mass is 16.4. The quantitative estimate of drug-likeness (QED) is 0.573. The van der Waals surface area contributed by atoms with Gasteiger partial charge in [-0.3, -0.25) is 14.5 Å². The van der Waals surface area contributed by atoms with Crippen molar-refractivity contribution in [1.29, 1.82) is 0 Å². The number of aliphatic carboxylic acids is 1. The standard InChI is InChI=1S/C12H23N3O3/c1-2-10(7-12(17)18)8-14-11(16)9-15-5-3-13-4-6-15/h10,13H,2-9H2,1H3,(H,14,16)(H,17,18). The van der Waals surface area contributed by atoms with Gasteiger partial charge in [-0.15, -0.1) is 0 Å². The summed E-state index contributed by atoms with van der Waals surface area (Å²) in [6.45, 7) is 6.42. The van der Waals surface area contributed by atoms with E-state index in [1.807, 2.05) is 6.92 Å². The first-order valence-corrected chi connectivity index (χ1v) is 6.53. The normalized spacial score (nSPS) is 18.3. The zero-order valence-corrected chi connectivity index (χ0v) is 10.9. The molecule has 1 fully saturated rings. The highest BCUT2D eigenvalue weighted by molar-refractivity contribution is 5.78. The van der Waals surface area contributed by atoms with Gasteiger partial charge in [0, 0.05) is 39.1 Å². The molecule has 1 aliphatic rings. The summed E-state index contributed by atoms with van der Waals surface area (Å²) in [5, 5.41) is 14.8.